The SMILES string of the molecule is COc1ccc(CNC2CCCC(C)(C)C2)cn1. The summed E-state index contributed by atoms with van der Waals surface area (Å²) in [6.07, 6.45) is 7.16. The molecule has 18 heavy (non-hydrogen) atoms. The Bertz CT molecular complexity index is 373. The van der Waals surface area contributed by atoms with Gasteiger partial charge in [-0.3, -0.25) is 0 Å². The number of aromatic nitrogens is 1. The molecular formula is C15H24N2O. The van der Waals surface area contributed by atoms with Gasteiger partial charge in [-0.2, -0.15) is 0 Å². The van der Waals surface area contributed by atoms with Crippen LogP contribution in [0.15, 0.2) is 18.3 Å². The molecule has 3 heteroatoms. The standard InChI is InChI=1S/C15H24N2O/c1-15(2)8-4-5-13(9-15)16-10-12-6-7-14(18-3)17-11-12/h6-7,11,13,16H,4-5,8-10H2,1-3H3. The van der Waals surface area contributed by atoms with Crippen molar-refractivity contribution < 1.29 is 4.74 Å². The highest BCUT2D eigenvalue weighted by atomic mass is 16.5. The summed E-state index contributed by atoms with van der Waals surface area (Å²) in [6, 6.07) is 4.64. The lowest BCUT2D eigenvalue weighted by molar-refractivity contribution is 0.197. The lowest BCUT2D eigenvalue weighted by atomic mass is 9.75. The van der Waals surface area contributed by atoms with Gasteiger partial charge in [0.1, 0.15) is 0 Å². The van der Waals surface area contributed by atoms with E-state index < -0.39 is 0 Å². The molecule has 1 aromatic heterocycles. The molecular weight excluding hydrogens is 224 g/mol. The van der Waals surface area contributed by atoms with Gasteiger partial charge < -0.3 is 10.1 Å². The Morgan fingerprint density at radius 3 is 2.89 bits per heavy atom. The average molecular weight is 248 g/mol. The molecule has 1 aliphatic carbocycles. The lowest BCUT2D eigenvalue weighted by Crippen LogP contribution is -2.36. The van der Waals surface area contributed by atoms with Gasteiger partial charge in [-0.15, -0.1) is 0 Å². The molecule has 1 aromatic rings. The predicted molar refractivity (Wildman–Crippen MR) is 73.7 cm³/mol. The number of ether oxygens (including phenoxy) is 1. The smallest absolute Gasteiger partial charge is 0.212 e. The molecule has 0 aliphatic heterocycles. The largest absolute Gasteiger partial charge is 0.481 e. The fourth-order valence-corrected chi connectivity index (χ4v) is 2.77. The van der Waals surface area contributed by atoms with Gasteiger partial charge in [0.2, 0.25) is 5.88 Å². The molecule has 1 aliphatic rings. The van der Waals surface area contributed by atoms with Gasteiger partial charge in [-0.1, -0.05) is 26.3 Å². The molecule has 0 amide bonds. The molecule has 1 fully saturated rings. The van der Waals surface area contributed by atoms with Gasteiger partial charge in [0, 0.05) is 24.8 Å². The highest BCUT2D eigenvalue weighted by Crippen LogP contribution is 2.35. The van der Waals surface area contributed by atoms with Crippen molar-refractivity contribution in [3.05, 3.63) is 23.9 Å². The summed E-state index contributed by atoms with van der Waals surface area (Å²) < 4.78 is 5.06. The number of methoxy groups -OCH3 is 1. The van der Waals surface area contributed by atoms with Crippen LogP contribution in [0.2, 0.25) is 0 Å². The Morgan fingerprint density at radius 1 is 1.44 bits per heavy atom. The number of hydrogen-bond donors (Lipinski definition) is 1. The third kappa shape index (κ3) is 3.70. The van der Waals surface area contributed by atoms with Crippen LogP contribution in [-0.4, -0.2) is 18.1 Å². The van der Waals surface area contributed by atoms with Crippen LogP contribution in [0.3, 0.4) is 0 Å². The van der Waals surface area contributed by atoms with E-state index in [1.165, 1.54) is 31.2 Å². The molecule has 100 valence electrons. The molecule has 3 nitrogen and oxygen atoms in total. The van der Waals surface area contributed by atoms with Crippen LogP contribution in [0.25, 0.3) is 0 Å². The second kappa shape index (κ2) is 5.70. The third-order valence-corrected chi connectivity index (χ3v) is 3.81. The van der Waals surface area contributed by atoms with Crippen LogP contribution in [-0.2, 0) is 6.54 Å². The van der Waals surface area contributed by atoms with Crippen molar-refractivity contribution in [2.24, 2.45) is 5.41 Å². The molecule has 0 bridgehead atoms. The first-order valence-electron chi connectivity index (χ1n) is 6.81. The zero-order valence-corrected chi connectivity index (χ0v) is 11.7. The number of rotatable bonds is 4. The van der Waals surface area contributed by atoms with Gasteiger partial charge in [0.25, 0.3) is 0 Å². The maximum absolute atomic E-state index is 5.06. The Morgan fingerprint density at radius 2 is 2.28 bits per heavy atom. The van der Waals surface area contributed by atoms with Gasteiger partial charge in [0.05, 0.1) is 7.11 Å². The molecule has 0 spiro atoms. The summed E-state index contributed by atoms with van der Waals surface area (Å²) in [5.74, 6) is 0.678. The Hall–Kier alpha value is -1.09. The number of nitrogens with one attached hydrogen (secondary N) is 1. The summed E-state index contributed by atoms with van der Waals surface area (Å²) in [6.45, 7) is 5.64. The van der Waals surface area contributed by atoms with Gasteiger partial charge >= 0.3 is 0 Å². The highest BCUT2D eigenvalue weighted by molar-refractivity contribution is 5.17. The number of pyridine rings is 1. The molecule has 1 saturated carbocycles. The summed E-state index contributed by atoms with van der Waals surface area (Å²) in [4.78, 5) is 4.23. The first-order valence-corrected chi connectivity index (χ1v) is 6.81. The Balaban J connectivity index is 1.83. The van der Waals surface area contributed by atoms with Crippen LogP contribution in [0, 0.1) is 5.41 Å². The topological polar surface area (TPSA) is 34.1 Å². The van der Waals surface area contributed by atoms with E-state index in [0.29, 0.717) is 17.3 Å². The molecule has 0 saturated heterocycles. The van der Waals surface area contributed by atoms with Gasteiger partial charge in [-0.05, 0) is 30.2 Å². The van der Waals surface area contributed by atoms with Crippen LogP contribution in [0.5, 0.6) is 5.88 Å². The first kappa shape index (κ1) is 13.3. The minimum atomic E-state index is 0.494. The zero-order valence-electron chi connectivity index (χ0n) is 11.7. The number of hydrogen-bond acceptors (Lipinski definition) is 3. The van der Waals surface area contributed by atoms with Gasteiger partial charge in [-0.25, -0.2) is 4.98 Å². The summed E-state index contributed by atoms with van der Waals surface area (Å²) in [5, 5.41) is 3.65. The fraction of sp³-hybridized carbons (Fsp3) is 0.667. The summed E-state index contributed by atoms with van der Waals surface area (Å²) in [7, 11) is 1.64. The fourth-order valence-electron chi connectivity index (χ4n) is 2.77. The Labute approximate surface area is 110 Å². The lowest BCUT2D eigenvalue weighted by Gasteiger charge is -2.35. The van der Waals surface area contributed by atoms with E-state index in [1.54, 1.807) is 7.11 Å². The van der Waals surface area contributed by atoms with Crippen LogP contribution < -0.4 is 10.1 Å². The maximum Gasteiger partial charge on any atom is 0.212 e. The van der Waals surface area contributed by atoms with E-state index in [4.69, 9.17) is 4.74 Å². The molecule has 1 unspecified atom stereocenters. The van der Waals surface area contributed by atoms with Crippen molar-refractivity contribution in [2.45, 2.75) is 52.1 Å². The van der Waals surface area contributed by atoms with Crippen LogP contribution in [0.1, 0.15) is 45.1 Å². The second-order valence-electron chi connectivity index (χ2n) is 6.05. The van der Waals surface area contributed by atoms with Gasteiger partial charge in [0.15, 0.2) is 0 Å². The highest BCUT2D eigenvalue weighted by Gasteiger charge is 2.27. The molecule has 1 heterocycles. The van der Waals surface area contributed by atoms with E-state index in [9.17, 15) is 0 Å². The van der Waals surface area contributed by atoms with E-state index in [0.717, 1.165) is 6.54 Å². The van der Waals surface area contributed by atoms with E-state index in [2.05, 4.69) is 30.2 Å². The summed E-state index contributed by atoms with van der Waals surface area (Å²) in [5.41, 5.74) is 1.72. The van der Waals surface area contributed by atoms with Crippen molar-refractivity contribution >= 4 is 0 Å². The molecule has 1 atom stereocenters. The maximum atomic E-state index is 5.06. The van der Waals surface area contributed by atoms with Crippen molar-refractivity contribution in [3.63, 3.8) is 0 Å². The third-order valence-electron chi connectivity index (χ3n) is 3.81. The van der Waals surface area contributed by atoms with Crippen molar-refractivity contribution in [1.82, 2.24) is 10.3 Å². The molecule has 0 aromatic carbocycles. The molecule has 2 rings (SSSR count). The summed E-state index contributed by atoms with van der Waals surface area (Å²) >= 11 is 0. The van der Waals surface area contributed by atoms with Crippen molar-refractivity contribution in [1.29, 1.82) is 0 Å². The molecule has 0 radical (unpaired) electrons. The van der Waals surface area contributed by atoms with Crippen molar-refractivity contribution in [3.8, 4) is 5.88 Å². The monoisotopic (exact) mass is 248 g/mol. The van der Waals surface area contributed by atoms with Crippen LogP contribution >= 0.6 is 0 Å². The normalized spacial score (nSPS) is 22.7. The number of nitrogens with zero attached hydrogens (tertiary/aromatic N) is 1. The molecule has 1 N–H and O–H groups in total. The van der Waals surface area contributed by atoms with Crippen molar-refractivity contribution in [2.75, 3.05) is 7.11 Å². The zero-order chi connectivity index (χ0) is 13.0. The van der Waals surface area contributed by atoms with E-state index in [1.807, 2.05) is 12.3 Å². The Kier molecular flexibility index (Phi) is 4.23. The van der Waals surface area contributed by atoms with Crippen LogP contribution in [0.4, 0.5) is 0 Å². The average Bonchev–Trinajstić information content (AvgIpc) is 2.36. The quantitative estimate of drug-likeness (QED) is 0.888. The predicted octanol–water partition coefficient (Wildman–Crippen LogP) is 3.15. The minimum absolute atomic E-state index is 0.494. The van der Waals surface area contributed by atoms with E-state index >= 15 is 0 Å². The van der Waals surface area contributed by atoms with E-state index in [-0.39, 0.29) is 0 Å². The first-order chi connectivity index (χ1) is 8.59. The second-order valence-corrected chi connectivity index (χ2v) is 6.05. The minimum Gasteiger partial charge on any atom is -0.481 e.